The van der Waals surface area contributed by atoms with Crippen LogP contribution < -0.4 is 0 Å². The van der Waals surface area contributed by atoms with Gasteiger partial charge in [-0.3, -0.25) is 9.69 Å². The predicted molar refractivity (Wildman–Crippen MR) is 101 cm³/mol. The number of nitrogens with zero attached hydrogens (tertiary/aromatic N) is 3. The number of carbonyl (C=O) groups excluding carboxylic acids is 1. The topological polar surface area (TPSA) is 47.3 Å². The summed E-state index contributed by atoms with van der Waals surface area (Å²) in [6.07, 6.45) is 7.15. The monoisotopic (exact) mass is 407 g/mol. The Balaban J connectivity index is 1.44. The van der Waals surface area contributed by atoms with Gasteiger partial charge in [0.25, 0.3) is 0 Å². The highest BCUT2D eigenvalue weighted by atomic mass is 79.9. The van der Waals surface area contributed by atoms with E-state index in [1.165, 1.54) is 19.3 Å². The van der Waals surface area contributed by atoms with Crippen LogP contribution in [0.15, 0.2) is 0 Å². The fraction of sp³-hybridized carbons (Fsp3) is 0.900. The Morgan fingerprint density at radius 2 is 1.72 bits per heavy atom. The minimum Gasteiger partial charge on any atom is -0.340 e. The number of carbonyl (C=O) groups is 1. The molecule has 0 aromatic heterocycles. The molecule has 138 valence electrons. The van der Waals surface area contributed by atoms with Crippen LogP contribution in [0, 0.1) is 34.5 Å². The van der Waals surface area contributed by atoms with E-state index in [-0.39, 0.29) is 15.8 Å². The molecule has 5 heteroatoms. The Bertz CT molecular complexity index is 576. The van der Waals surface area contributed by atoms with Gasteiger partial charge >= 0.3 is 0 Å². The molecule has 5 rings (SSSR count). The van der Waals surface area contributed by atoms with Gasteiger partial charge in [0.05, 0.1) is 11.5 Å². The zero-order chi connectivity index (χ0) is 17.8. The first-order valence-electron chi connectivity index (χ1n) is 9.96. The standard InChI is InChI=1S/C20H30BrN3O/c1-14(2)17(12-22)23-3-5-24(6-4-23)18(25)19-8-15-7-16(9-19)11-20(21,10-15)13-19/h14-17H,3-11,13H2,1-2H3. The van der Waals surface area contributed by atoms with E-state index in [0.717, 1.165) is 57.3 Å². The van der Waals surface area contributed by atoms with Gasteiger partial charge in [0.2, 0.25) is 5.91 Å². The number of halogens is 1. The van der Waals surface area contributed by atoms with E-state index >= 15 is 0 Å². The van der Waals surface area contributed by atoms with Crippen molar-refractivity contribution in [3.63, 3.8) is 0 Å². The van der Waals surface area contributed by atoms with Crippen molar-refractivity contribution >= 4 is 21.8 Å². The van der Waals surface area contributed by atoms with Crippen molar-refractivity contribution < 1.29 is 4.79 Å². The molecule has 4 aliphatic carbocycles. The van der Waals surface area contributed by atoms with Crippen molar-refractivity contribution in [2.75, 3.05) is 26.2 Å². The maximum Gasteiger partial charge on any atom is 0.228 e. The molecule has 1 heterocycles. The van der Waals surface area contributed by atoms with Crippen LogP contribution in [0.4, 0.5) is 0 Å². The van der Waals surface area contributed by atoms with Crippen LogP contribution in [0.25, 0.3) is 0 Å². The number of alkyl halides is 1. The Morgan fingerprint density at radius 3 is 2.20 bits per heavy atom. The number of rotatable bonds is 3. The second-order valence-corrected chi connectivity index (χ2v) is 11.2. The van der Waals surface area contributed by atoms with Crippen LogP contribution in [-0.2, 0) is 4.79 Å². The highest BCUT2D eigenvalue weighted by molar-refractivity contribution is 9.10. The van der Waals surface area contributed by atoms with Crippen LogP contribution in [-0.4, -0.2) is 52.3 Å². The molecule has 25 heavy (non-hydrogen) atoms. The summed E-state index contributed by atoms with van der Waals surface area (Å²) in [6, 6.07) is 2.42. The van der Waals surface area contributed by atoms with E-state index in [2.05, 4.69) is 45.6 Å². The third kappa shape index (κ3) is 3.04. The summed E-state index contributed by atoms with van der Waals surface area (Å²) >= 11 is 4.02. The van der Waals surface area contributed by atoms with Crippen LogP contribution in [0.1, 0.15) is 52.4 Å². The first-order valence-corrected chi connectivity index (χ1v) is 10.8. The lowest BCUT2D eigenvalue weighted by Crippen LogP contribution is -2.61. The average molecular weight is 408 g/mol. The molecule has 5 aliphatic rings. The zero-order valence-corrected chi connectivity index (χ0v) is 17.1. The second kappa shape index (κ2) is 6.23. The Morgan fingerprint density at radius 1 is 1.12 bits per heavy atom. The maximum absolute atomic E-state index is 13.5. The van der Waals surface area contributed by atoms with Gasteiger partial charge < -0.3 is 4.90 Å². The molecule has 4 saturated carbocycles. The van der Waals surface area contributed by atoms with Crippen molar-refractivity contribution in [3.8, 4) is 6.07 Å². The van der Waals surface area contributed by atoms with Gasteiger partial charge in [-0.05, 0) is 56.3 Å². The molecule has 0 aromatic carbocycles. The molecule has 0 aromatic rings. The van der Waals surface area contributed by atoms with Crippen molar-refractivity contribution in [2.45, 2.75) is 62.7 Å². The summed E-state index contributed by atoms with van der Waals surface area (Å²) in [5, 5.41) is 9.43. The average Bonchev–Trinajstić information content (AvgIpc) is 2.53. The van der Waals surface area contributed by atoms with Gasteiger partial charge in [-0.25, -0.2) is 0 Å². The molecule has 4 nitrogen and oxygen atoms in total. The molecule has 1 aliphatic heterocycles. The van der Waals surface area contributed by atoms with Crippen molar-refractivity contribution in [1.29, 1.82) is 5.26 Å². The molecule has 4 bridgehead atoms. The lowest BCUT2D eigenvalue weighted by molar-refractivity contribution is -0.157. The Hall–Kier alpha value is -0.600. The van der Waals surface area contributed by atoms with E-state index in [9.17, 15) is 10.1 Å². The summed E-state index contributed by atoms with van der Waals surface area (Å²) in [6.45, 7) is 7.47. The lowest BCUT2D eigenvalue weighted by atomic mass is 9.49. The van der Waals surface area contributed by atoms with Crippen molar-refractivity contribution in [3.05, 3.63) is 0 Å². The SMILES string of the molecule is CC(C)C(C#N)N1CCN(C(=O)C23CC4CC(CC(Br)(C4)C2)C3)CC1. The van der Waals surface area contributed by atoms with Gasteiger partial charge in [-0.15, -0.1) is 0 Å². The van der Waals surface area contributed by atoms with Crippen LogP contribution in [0.2, 0.25) is 0 Å². The largest absolute Gasteiger partial charge is 0.340 e. The van der Waals surface area contributed by atoms with Crippen LogP contribution >= 0.6 is 15.9 Å². The highest BCUT2D eigenvalue weighted by Gasteiger charge is 2.60. The number of nitriles is 1. The normalized spacial score (nSPS) is 41.8. The number of amides is 1. The van der Waals surface area contributed by atoms with Gasteiger partial charge in [-0.1, -0.05) is 29.8 Å². The fourth-order valence-corrected chi connectivity index (χ4v) is 8.04. The first kappa shape index (κ1) is 17.8. The van der Waals surface area contributed by atoms with Gasteiger partial charge in [-0.2, -0.15) is 5.26 Å². The molecule has 0 radical (unpaired) electrons. The third-order valence-electron chi connectivity index (χ3n) is 7.20. The van der Waals surface area contributed by atoms with E-state index in [1.54, 1.807) is 0 Å². The predicted octanol–water partition coefficient (Wildman–Crippen LogP) is 3.41. The molecule has 3 atom stereocenters. The van der Waals surface area contributed by atoms with Gasteiger partial charge in [0, 0.05) is 30.5 Å². The molecule has 3 unspecified atom stereocenters. The molecule has 0 spiro atoms. The minimum absolute atomic E-state index is 0.0254. The van der Waals surface area contributed by atoms with Gasteiger partial charge in [0.1, 0.15) is 6.04 Å². The van der Waals surface area contributed by atoms with Crippen molar-refractivity contribution in [2.24, 2.45) is 23.2 Å². The second-order valence-electron chi connectivity index (χ2n) is 9.54. The smallest absolute Gasteiger partial charge is 0.228 e. The van der Waals surface area contributed by atoms with Crippen LogP contribution in [0.3, 0.4) is 0 Å². The Labute approximate surface area is 160 Å². The maximum atomic E-state index is 13.5. The summed E-state index contributed by atoms with van der Waals surface area (Å²) in [5.74, 6) is 2.25. The quantitative estimate of drug-likeness (QED) is 0.673. The lowest BCUT2D eigenvalue weighted by Gasteiger charge is -2.60. The first-order chi connectivity index (χ1) is 11.8. The van der Waals surface area contributed by atoms with E-state index < -0.39 is 0 Å². The highest BCUT2D eigenvalue weighted by Crippen LogP contribution is 2.64. The summed E-state index contributed by atoms with van der Waals surface area (Å²) in [4.78, 5) is 17.9. The summed E-state index contributed by atoms with van der Waals surface area (Å²) < 4.78 is 0.234. The molecular formula is C20H30BrN3O. The van der Waals surface area contributed by atoms with E-state index in [1.807, 2.05) is 0 Å². The zero-order valence-electron chi connectivity index (χ0n) is 15.5. The van der Waals surface area contributed by atoms with Gasteiger partial charge in [0.15, 0.2) is 0 Å². The molecule has 1 amide bonds. The number of piperazine rings is 1. The fourth-order valence-electron chi connectivity index (χ4n) is 6.59. The summed E-state index contributed by atoms with van der Waals surface area (Å²) in [5.41, 5.74) is -0.0948. The Kier molecular flexibility index (Phi) is 4.44. The molecule has 1 saturated heterocycles. The minimum atomic E-state index is -0.0948. The van der Waals surface area contributed by atoms with E-state index in [0.29, 0.717) is 11.8 Å². The van der Waals surface area contributed by atoms with Crippen molar-refractivity contribution in [1.82, 2.24) is 9.80 Å². The number of hydrogen-bond donors (Lipinski definition) is 0. The third-order valence-corrected chi connectivity index (χ3v) is 8.13. The molecule has 0 N–H and O–H groups in total. The van der Waals surface area contributed by atoms with E-state index in [4.69, 9.17) is 0 Å². The van der Waals surface area contributed by atoms with Crippen LogP contribution in [0.5, 0.6) is 0 Å². The summed E-state index contributed by atoms with van der Waals surface area (Å²) in [7, 11) is 0. The molecule has 5 fully saturated rings. The number of hydrogen-bond acceptors (Lipinski definition) is 3. The molecular weight excluding hydrogens is 378 g/mol.